The van der Waals surface area contributed by atoms with Gasteiger partial charge in [0.2, 0.25) is 5.91 Å². The van der Waals surface area contributed by atoms with Gasteiger partial charge < -0.3 is 11.1 Å². The lowest BCUT2D eigenvalue weighted by Gasteiger charge is -2.16. The predicted molar refractivity (Wildman–Crippen MR) is 95.3 cm³/mol. The first-order valence-corrected chi connectivity index (χ1v) is 8.10. The number of benzene rings is 2. The van der Waals surface area contributed by atoms with Gasteiger partial charge in [-0.2, -0.15) is 0 Å². The molecule has 1 fully saturated rings. The summed E-state index contributed by atoms with van der Waals surface area (Å²) < 4.78 is 0. The topological polar surface area (TPSA) is 102 Å². The number of nitro groups is 1. The third-order valence-corrected chi connectivity index (χ3v) is 4.41. The molecule has 0 spiro atoms. The Bertz CT molecular complexity index is 766. The zero-order valence-corrected chi connectivity index (χ0v) is 13.7. The van der Waals surface area contributed by atoms with Gasteiger partial charge in [-0.3, -0.25) is 19.8 Å². The van der Waals surface area contributed by atoms with E-state index in [1.54, 1.807) is 12.1 Å². The summed E-state index contributed by atoms with van der Waals surface area (Å²) in [5, 5.41) is 13.6. The first-order valence-electron chi connectivity index (χ1n) is 8.10. The van der Waals surface area contributed by atoms with Gasteiger partial charge in [-0.05, 0) is 11.6 Å². The van der Waals surface area contributed by atoms with Crippen molar-refractivity contribution >= 4 is 17.3 Å². The van der Waals surface area contributed by atoms with Crippen molar-refractivity contribution in [2.45, 2.75) is 12.0 Å². The van der Waals surface area contributed by atoms with Gasteiger partial charge in [0.1, 0.15) is 5.69 Å². The maximum Gasteiger partial charge on any atom is 0.292 e. The van der Waals surface area contributed by atoms with Gasteiger partial charge in [0.25, 0.3) is 5.69 Å². The third-order valence-electron chi connectivity index (χ3n) is 4.41. The number of nitrogens with zero attached hydrogens (tertiary/aromatic N) is 2. The molecule has 2 aromatic rings. The van der Waals surface area contributed by atoms with Gasteiger partial charge in [-0.1, -0.05) is 42.5 Å². The van der Waals surface area contributed by atoms with Crippen LogP contribution < -0.4 is 11.1 Å². The summed E-state index contributed by atoms with van der Waals surface area (Å²) in [5.41, 5.74) is 7.49. The fourth-order valence-electron chi connectivity index (χ4n) is 3.23. The molecule has 1 saturated heterocycles. The molecule has 1 heterocycles. The van der Waals surface area contributed by atoms with Crippen LogP contribution in [0.15, 0.2) is 54.6 Å². The maximum absolute atomic E-state index is 12.3. The summed E-state index contributed by atoms with van der Waals surface area (Å²) in [6, 6.07) is 16.1. The number of nitrogens with two attached hydrogens (primary N) is 1. The van der Waals surface area contributed by atoms with Crippen LogP contribution in [-0.4, -0.2) is 41.4 Å². The van der Waals surface area contributed by atoms with Crippen molar-refractivity contribution in [2.75, 3.05) is 25.0 Å². The molecule has 7 heteroatoms. The van der Waals surface area contributed by atoms with Crippen molar-refractivity contribution in [1.82, 2.24) is 4.90 Å². The summed E-state index contributed by atoms with van der Waals surface area (Å²) in [5.74, 6) is -0.102. The summed E-state index contributed by atoms with van der Waals surface area (Å²) >= 11 is 0. The number of hydrogen-bond donors (Lipinski definition) is 2. The van der Waals surface area contributed by atoms with Gasteiger partial charge in [-0.25, -0.2) is 0 Å². The normalized spacial score (nSPS) is 20.4. The van der Waals surface area contributed by atoms with Gasteiger partial charge >= 0.3 is 0 Å². The molecule has 7 nitrogen and oxygen atoms in total. The molecular weight excluding hydrogens is 320 g/mol. The van der Waals surface area contributed by atoms with Crippen LogP contribution in [0.25, 0.3) is 0 Å². The monoisotopic (exact) mass is 340 g/mol. The SMILES string of the molecule is N[C@@H]1CN(CC(=O)Nc2ccccc2[N+](=O)[O-])C[C@H]1c1ccccc1. The lowest BCUT2D eigenvalue weighted by atomic mass is 9.95. The average Bonchev–Trinajstić information content (AvgIpc) is 2.96. The predicted octanol–water partition coefficient (Wildman–Crippen LogP) is 1.96. The van der Waals surface area contributed by atoms with E-state index in [4.69, 9.17) is 5.73 Å². The Morgan fingerprint density at radius 2 is 1.84 bits per heavy atom. The van der Waals surface area contributed by atoms with Crippen molar-refractivity contribution in [3.63, 3.8) is 0 Å². The second-order valence-electron chi connectivity index (χ2n) is 6.20. The molecule has 0 aromatic heterocycles. The number of rotatable bonds is 5. The Hall–Kier alpha value is -2.77. The molecule has 0 radical (unpaired) electrons. The van der Waals surface area contributed by atoms with Crippen LogP contribution in [0.1, 0.15) is 11.5 Å². The summed E-state index contributed by atoms with van der Waals surface area (Å²) in [6.45, 7) is 1.46. The van der Waals surface area contributed by atoms with E-state index in [1.165, 1.54) is 12.1 Å². The number of carbonyl (C=O) groups excluding carboxylic acids is 1. The highest BCUT2D eigenvalue weighted by Gasteiger charge is 2.32. The number of nitrogens with one attached hydrogen (secondary N) is 1. The van der Waals surface area contributed by atoms with Crippen molar-refractivity contribution in [3.8, 4) is 0 Å². The largest absolute Gasteiger partial charge is 0.326 e. The number of amides is 1. The Labute approximate surface area is 145 Å². The van der Waals surface area contributed by atoms with Crippen LogP contribution in [0, 0.1) is 10.1 Å². The Morgan fingerprint density at radius 1 is 1.16 bits per heavy atom. The van der Waals surface area contributed by atoms with E-state index in [1.807, 2.05) is 35.2 Å². The fourth-order valence-corrected chi connectivity index (χ4v) is 3.23. The zero-order chi connectivity index (χ0) is 17.8. The molecule has 0 bridgehead atoms. The smallest absolute Gasteiger partial charge is 0.292 e. The lowest BCUT2D eigenvalue weighted by Crippen LogP contribution is -2.33. The highest BCUT2D eigenvalue weighted by atomic mass is 16.6. The number of para-hydroxylation sites is 2. The van der Waals surface area contributed by atoms with Crippen LogP contribution in [0.3, 0.4) is 0 Å². The van der Waals surface area contributed by atoms with Crippen LogP contribution in [0.4, 0.5) is 11.4 Å². The number of anilines is 1. The molecule has 0 saturated carbocycles. The molecule has 1 aliphatic rings. The van der Waals surface area contributed by atoms with Gasteiger partial charge in [0, 0.05) is 31.1 Å². The minimum Gasteiger partial charge on any atom is -0.326 e. The highest BCUT2D eigenvalue weighted by Crippen LogP contribution is 2.27. The standard InChI is InChI=1S/C18H20N4O3/c19-15-11-21(10-14(15)13-6-2-1-3-7-13)12-18(23)20-16-8-4-5-9-17(16)22(24)25/h1-9,14-15H,10-12,19H2,(H,20,23)/t14-,15+/m0/s1. The molecule has 0 aliphatic carbocycles. The molecule has 2 aromatic carbocycles. The fraction of sp³-hybridized carbons (Fsp3) is 0.278. The number of hydrogen-bond acceptors (Lipinski definition) is 5. The van der Waals surface area contributed by atoms with Crippen molar-refractivity contribution in [3.05, 3.63) is 70.3 Å². The maximum atomic E-state index is 12.3. The summed E-state index contributed by atoms with van der Waals surface area (Å²) in [4.78, 5) is 24.8. The minimum atomic E-state index is -0.507. The van der Waals surface area contributed by atoms with Crippen molar-refractivity contribution in [1.29, 1.82) is 0 Å². The molecule has 130 valence electrons. The molecule has 3 N–H and O–H groups in total. The number of nitro benzene ring substituents is 1. The molecule has 0 unspecified atom stereocenters. The van der Waals surface area contributed by atoms with Crippen LogP contribution in [-0.2, 0) is 4.79 Å². The number of carbonyl (C=O) groups is 1. The third kappa shape index (κ3) is 4.01. The lowest BCUT2D eigenvalue weighted by molar-refractivity contribution is -0.383. The van der Waals surface area contributed by atoms with Crippen molar-refractivity contribution < 1.29 is 9.72 Å². The van der Waals surface area contributed by atoms with E-state index >= 15 is 0 Å². The summed E-state index contributed by atoms with van der Waals surface area (Å²) in [6.07, 6.45) is 0. The van der Waals surface area contributed by atoms with Crippen molar-refractivity contribution in [2.24, 2.45) is 5.73 Å². The Kier molecular flexibility index (Phi) is 5.06. The Balaban J connectivity index is 1.62. The van der Waals surface area contributed by atoms with E-state index in [0.717, 1.165) is 5.56 Å². The van der Waals surface area contributed by atoms with Crippen LogP contribution in [0.2, 0.25) is 0 Å². The van der Waals surface area contributed by atoms with Gasteiger partial charge in [-0.15, -0.1) is 0 Å². The van der Waals surface area contributed by atoms with E-state index in [-0.39, 0.29) is 35.8 Å². The molecule has 1 amide bonds. The molecule has 3 rings (SSSR count). The van der Waals surface area contributed by atoms with E-state index in [2.05, 4.69) is 5.32 Å². The van der Waals surface area contributed by atoms with E-state index < -0.39 is 4.92 Å². The first kappa shape index (κ1) is 17.1. The second kappa shape index (κ2) is 7.42. The molecule has 1 aliphatic heterocycles. The molecule has 2 atom stereocenters. The second-order valence-corrected chi connectivity index (χ2v) is 6.20. The Morgan fingerprint density at radius 3 is 2.56 bits per heavy atom. The molecular formula is C18H20N4O3. The van der Waals surface area contributed by atoms with Crippen LogP contribution in [0.5, 0.6) is 0 Å². The minimum absolute atomic E-state index is 0.0405. The quantitative estimate of drug-likeness (QED) is 0.640. The molecule has 25 heavy (non-hydrogen) atoms. The van der Waals surface area contributed by atoms with E-state index in [0.29, 0.717) is 13.1 Å². The average molecular weight is 340 g/mol. The summed E-state index contributed by atoms with van der Waals surface area (Å²) in [7, 11) is 0. The first-order chi connectivity index (χ1) is 12.0. The highest BCUT2D eigenvalue weighted by molar-refractivity contribution is 5.94. The number of likely N-dealkylation sites (tertiary alicyclic amines) is 1. The van der Waals surface area contributed by atoms with Gasteiger partial charge in [0.15, 0.2) is 0 Å². The van der Waals surface area contributed by atoms with Crippen LogP contribution >= 0.6 is 0 Å². The van der Waals surface area contributed by atoms with E-state index in [9.17, 15) is 14.9 Å². The zero-order valence-electron chi connectivity index (χ0n) is 13.7. The van der Waals surface area contributed by atoms with Gasteiger partial charge in [0.05, 0.1) is 11.5 Å².